The van der Waals surface area contributed by atoms with Crippen molar-refractivity contribution in [3.05, 3.63) is 63.7 Å². The van der Waals surface area contributed by atoms with Gasteiger partial charge in [-0.2, -0.15) is 5.26 Å². The maximum atomic E-state index is 11.8. The summed E-state index contributed by atoms with van der Waals surface area (Å²) in [6.07, 6.45) is 1.62. The van der Waals surface area contributed by atoms with E-state index in [1.165, 1.54) is 0 Å². The lowest BCUT2D eigenvalue weighted by atomic mass is 10.1. The molecule has 1 aromatic carbocycles. The molecule has 1 fully saturated rings. The van der Waals surface area contributed by atoms with E-state index < -0.39 is 0 Å². The Hall–Kier alpha value is -3.24. The van der Waals surface area contributed by atoms with Crippen LogP contribution in [0.5, 0.6) is 0 Å². The van der Waals surface area contributed by atoms with Crippen molar-refractivity contribution in [1.82, 2.24) is 19.9 Å². The third-order valence-corrected chi connectivity index (χ3v) is 4.91. The van der Waals surface area contributed by atoms with Crippen LogP contribution in [0, 0.1) is 18.3 Å². The number of nitrogens with one attached hydrogen (secondary N) is 1. The zero-order chi connectivity index (χ0) is 18.8. The Labute approximate surface area is 156 Å². The number of nitriles is 1. The number of benzene rings is 1. The highest BCUT2D eigenvalue weighted by molar-refractivity contribution is 5.74. The Morgan fingerprint density at radius 1 is 1.19 bits per heavy atom. The molecular weight excluding hydrogens is 340 g/mol. The van der Waals surface area contributed by atoms with Crippen LogP contribution in [-0.2, 0) is 6.54 Å². The highest BCUT2D eigenvalue weighted by Gasteiger charge is 2.18. The van der Waals surface area contributed by atoms with E-state index in [-0.39, 0.29) is 5.56 Å². The minimum absolute atomic E-state index is 0.136. The molecule has 0 aliphatic carbocycles. The highest BCUT2D eigenvalue weighted by Crippen LogP contribution is 2.17. The molecule has 0 radical (unpaired) electrons. The smallest absolute Gasteiger partial charge is 0.269 e. The van der Waals surface area contributed by atoms with Crippen LogP contribution in [0.2, 0.25) is 0 Å². The molecule has 3 heterocycles. The number of aromatic nitrogens is 3. The van der Waals surface area contributed by atoms with Gasteiger partial charge >= 0.3 is 0 Å². The summed E-state index contributed by atoms with van der Waals surface area (Å²) >= 11 is 0. The molecule has 1 aliphatic rings. The molecule has 1 N–H and O–H groups in total. The number of aromatic amines is 1. The maximum absolute atomic E-state index is 11.8. The standard InChI is InChI=1S/C20H20N6O/c1-14-20(27)24-18-10-15(2-4-17(18)23-14)13-25-6-8-26(9-7-25)19-5-3-16(11-21)12-22-19/h2-5,10,12H,6-9,13H2,1H3,(H,24,27). The first-order valence-corrected chi connectivity index (χ1v) is 8.95. The van der Waals surface area contributed by atoms with E-state index in [4.69, 9.17) is 5.26 Å². The fourth-order valence-corrected chi connectivity index (χ4v) is 3.36. The SMILES string of the molecule is Cc1nc2ccc(CN3CCN(c4ccc(C#N)cn4)CC3)cc2[nH]c1=O. The summed E-state index contributed by atoms with van der Waals surface area (Å²) in [5.41, 5.74) is 3.69. The van der Waals surface area contributed by atoms with Gasteiger partial charge in [-0.25, -0.2) is 9.97 Å². The number of piperazine rings is 1. The number of anilines is 1. The van der Waals surface area contributed by atoms with Gasteiger partial charge in [0.25, 0.3) is 5.56 Å². The van der Waals surface area contributed by atoms with E-state index >= 15 is 0 Å². The van der Waals surface area contributed by atoms with E-state index in [1.54, 1.807) is 19.2 Å². The van der Waals surface area contributed by atoms with E-state index in [9.17, 15) is 4.79 Å². The van der Waals surface area contributed by atoms with Crippen molar-refractivity contribution >= 4 is 16.9 Å². The van der Waals surface area contributed by atoms with E-state index in [1.807, 2.05) is 18.2 Å². The lowest BCUT2D eigenvalue weighted by Gasteiger charge is -2.35. The molecule has 0 atom stereocenters. The van der Waals surface area contributed by atoms with Gasteiger partial charge in [-0.1, -0.05) is 6.07 Å². The zero-order valence-electron chi connectivity index (χ0n) is 15.1. The molecule has 0 spiro atoms. The van der Waals surface area contributed by atoms with Gasteiger partial charge in [-0.05, 0) is 36.8 Å². The average Bonchev–Trinajstić information content (AvgIpc) is 2.70. The molecule has 1 aliphatic heterocycles. The van der Waals surface area contributed by atoms with Gasteiger partial charge in [0.1, 0.15) is 17.6 Å². The molecule has 1 saturated heterocycles. The Bertz CT molecular complexity index is 1060. The van der Waals surface area contributed by atoms with Crippen molar-refractivity contribution in [3.8, 4) is 6.07 Å². The predicted molar refractivity (Wildman–Crippen MR) is 104 cm³/mol. The van der Waals surface area contributed by atoms with Crippen molar-refractivity contribution in [2.45, 2.75) is 13.5 Å². The van der Waals surface area contributed by atoms with Crippen LogP contribution in [0.15, 0.2) is 41.3 Å². The topological polar surface area (TPSA) is 88.9 Å². The lowest BCUT2D eigenvalue weighted by Crippen LogP contribution is -2.46. The molecule has 0 saturated carbocycles. The van der Waals surface area contributed by atoms with Gasteiger partial charge in [0, 0.05) is 38.9 Å². The van der Waals surface area contributed by atoms with Crippen LogP contribution in [-0.4, -0.2) is 46.0 Å². The summed E-state index contributed by atoms with van der Waals surface area (Å²) in [5.74, 6) is 0.915. The number of H-pyrrole nitrogens is 1. The second kappa shape index (κ2) is 7.17. The first-order valence-electron chi connectivity index (χ1n) is 8.95. The minimum Gasteiger partial charge on any atom is -0.354 e. The zero-order valence-corrected chi connectivity index (χ0v) is 15.1. The van der Waals surface area contributed by atoms with Crippen molar-refractivity contribution in [2.75, 3.05) is 31.1 Å². The minimum atomic E-state index is -0.136. The van der Waals surface area contributed by atoms with Crippen LogP contribution >= 0.6 is 0 Å². The fourth-order valence-electron chi connectivity index (χ4n) is 3.36. The monoisotopic (exact) mass is 360 g/mol. The number of rotatable bonds is 3. The molecule has 0 unspecified atom stereocenters. The summed E-state index contributed by atoms with van der Waals surface area (Å²) in [6.45, 7) is 6.20. The Balaban J connectivity index is 1.41. The molecule has 4 rings (SSSR count). The largest absolute Gasteiger partial charge is 0.354 e. The van der Waals surface area contributed by atoms with E-state index in [2.05, 4.69) is 36.9 Å². The van der Waals surface area contributed by atoms with Crippen molar-refractivity contribution in [1.29, 1.82) is 5.26 Å². The first-order chi connectivity index (χ1) is 13.1. The first kappa shape index (κ1) is 17.2. The molecule has 3 aromatic rings. The molecule has 0 amide bonds. The third-order valence-electron chi connectivity index (χ3n) is 4.91. The van der Waals surface area contributed by atoms with Crippen LogP contribution in [0.3, 0.4) is 0 Å². The van der Waals surface area contributed by atoms with Crippen LogP contribution in [0.25, 0.3) is 11.0 Å². The Morgan fingerprint density at radius 3 is 2.70 bits per heavy atom. The summed E-state index contributed by atoms with van der Waals surface area (Å²) in [6, 6.07) is 11.9. The van der Waals surface area contributed by atoms with E-state index in [0.717, 1.165) is 55.1 Å². The quantitative estimate of drug-likeness (QED) is 0.766. The Kier molecular flexibility index (Phi) is 4.57. The van der Waals surface area contributed by atoms with Gasteiger partial charge in [-0.3, -0.25) is 9.69 Å². The molecule has 7 nitrogen and oxygen atoms in total. The van der Waals surface area contributed by atoms with Gasteiger partial charge in [-0.15, -0.1) is 0 Å². The normalized spacial score (nSPS) is 15.0. The van der Waals surface area contributed by atoms with Crippen LogP contribution in [0.4, 0.5) is 5.82 Å². The summed E-state index contributed by atoms with van der Waals surface area (Å²) in [4.78, 5) is 28.0. The molecule has 7 heteroatoms. The summed E-state index contributed by atoms with van der Waals surface area (Å²) in [5, 5.41) is 8.87. The van der Waals surface area contributed by atoms with Crippen LogP contribution in [0.1, 0.15) is 16.8 Å². The Morgan fingerprint density at radius 2 is 2.00 bits per heavy atom. The summed E-state index contributed by atoms with van der Waals surface area (Å²) in [7, 11) is 0. The second-order valence-electron chi connectivity index (χ2n) is 6.78. The molecular formula is C20H20N6O. The maximum Gasteiger partial charge on any atom is 0.269 e. The summed E-state index contributed by atoms with van der Waals surface area (Å²) < 4.78 is 0. The number of fused-ring (bicyclic) bond motifs is 1. The molecule has 2 aromatic heterocycles. The van der Waals surface area contributed by atoms with Crippen molar-refractivity contribution in [2.24, 2.45) is 0 Å². The fraction of sp³-hybridized carbons (Fsp3) is 0.300. The number of nitrogens with zero attached hydrogens (tertiary/aromatic N) is 5. The van der Waals surface area contributed by atoms with Gasteiger partial charge in [0.2, 0.25) is 0 Å². The van der Waals surface area contributed by atoms with Crippen molar-refractivity contribution < 1.29 is 0 Å². The molecule has 27 heavy (non-hydrogen) atoms. The van der Waals surface area contributed by atoms with Gasteiger partial charge in [0.05, 0.1) is 16.6 Å². The molecule has 136 valence electrons. The van der Waals surface area contributed by atoms with Crippen molar-refractivity contribution in [3.63, 3.8) is 0 Å². The third kappa shape index (κ3) is 3.66. The predicted octanol–water partition coefficient (Wildman–Crippen LogP) is 1.82. The lowest BCUT2D eigenvalue weighted by molar-refractivity contribution is 0.249. The number of hydrogen-bond acceptors (Lipinski definition) is 6. The molecule has 0 bridgehead atoms. The van der Waals surface area contributed by atoms with Gasteiger partial charge < -0.3 is 9.88 Å². The number of hydrogen-bond donors (Lipinski definition) is 1. The van der Waals surface area contributed by atoms with E-state index in [0.29, 0.717) is 11.3 Å². The average molecular weight is 360 g/mol. The second-order valence-corrected chi connectivity index (χ2v) is 6.78. The van der Waals surface area contributed by atoms with Gasteiger partial charge in [0.15, 0.2) is 0 Å². The highest BCUT2D eigenvalue weighted by atomic mass is 16.1. The number of pyridine rings is 1. The van der Waals surface area contributed by atoms with Crippen LogP contribution < -0.4 is 10.5 Å². The number of aryl methyl sites for hydroxylation is 1.